The molecule has 4 rings (SSSR count). The minimum absolute atomic E-state index is 0.0145. The van der Waals surface area contributed by atoms with Crippen LogP contribution >= 0.6 is 47.0 Å². The third kappa shape index (κ3) is 6.24. The molecule has 0 saturated carbocycles. The van der Waals surface area contributed by atoms with Gasteiger partial charge in [-0.2, -0.15) is 0 Å². The highest BCUT2D eigenvalue weighted by Gasteiger charge is 2.23. The van der Waals surface area contributed by atoms with Gasteiger partial charge in [-0.1, -0.05) is 46.9 Å². The molecular formula is C25H21Cl3N4O2S. The van der Waals surface area contributed by atoms with Crippen LogP contribution in [0, 0.1) is 0 Å². The highest BCUT2D eigenvalue weighted by Crippen LogP contribution is 2.30. The molecule has 1 fully saturated rings. The van der Waals surface area contributed by atoms with Gasteiger partial charge in [-0.05, 0) is 66.8 Å². The van der Waals surface area contributed by atoms with Crippen molar-refractivity contribution in [3.63, 3.8) is 0 Å². The lowest BCUT2D eigenvalue weighted by atomic mass is 10.1. The van der Waals surface area contributed by atoms with Gasteiger partial charge in [-0.15, -0.1) is 0 Å². The van der Waals surface area contributed by atoms with Crippen molar-refractivity contribution in [3.05, 3.63) is 92.9 Å². The molecule has 1 aliphatic heterocycles. The number of anilines is 2. The number of nitrogens with one attached hydrogen (secondary N) is 2. The first-order chi connectivity index (χ1) is 16.8. The van der Waals surface area contributed by atoms with Gasteiger partial charge in [0.25, 0.3) is 11.8 Å². The zero-order valence-corrected chi connectivity index (χ0v) is 21.5. The predicted molar refractivity (Wildman–Crippen MR) is 146 cm³/mol. The van der Waals surface area contributed by atoms with E-state index in [0.717, 1.165) is 5.69 Å². The van der Waals surface area contributed by atoms with Crippen LogP contribution in [0.1, 0.15) is 20.7 Å². The highest BCUT2D eigenvalue weighted by molar-refractivity contribution is 7.80. The Bertz CT molecular complexity index is 1260. The van der Waals surface area contributed by atoms with E-state index in [1.54, 1.807) is 54.6 Å². The van der Waals surface area contributed by atoms with Crippen LogP contribution in [0.4, 0.5) is 11.4 Å². The fourth-order valence-corrected chi connectivity index (χ4v) is 4.60. The van der Waals surface area contributed by atoms with E-state index in [9.17, 15) is 9.59 Å². The van der Waals surface area contributed by atoms with E-state index in [1.165, 1.54) is 0 Å². The summed E-state index contributed by atoms with van der Waals surface area (Å²) in [5.74, 6) is -0.416. The number of hydrogen-bond donors (Lipinski definition) is 2. The lowest BCUT2D eigenvalue weighted by molar-refractivity contribution is 0.0746. The Hall–Kier alpha value is -2.84. The van der Waals surface area contributed by atoms with Gasteiger partial charge >= 0.3 is 0 Å². The maximum Gasteiger partial charge on any atom is 0.258 e. The number of carbonyl (C=O) groups excluding carboxylic acids is 2. The van der Waals surface area contributed by atoms with Gasteiger partial charge in [0.05, 0.1) is 21.3 Å². The number of hydrogen-bond acceptors (Lipinski definition) is 4. The quantitative estimate of drug-likeness (QED) is 0.408. The largest absolute Gasteiger partial charge is 0.367 e. The number of benzene rings is 3. The summed E-state index contributed by atoms with van der Waals surface area (Å²) in [6.45, 7) is 2.46. The van der Waals surface area contributed by atoms with Crippen LogP contribution in [-0.2, 0) is 0 Å². The molecule has 180 valence electrons. The van der Waals surface area contributed by atoms with Crippen molar-refractivity contribution < 1.29 is 9.59 Å². The molecular weight excluding hydrogens is 527 g/mol. The molecule has 1 saturated heterocycles. The molecule has 0 unspecified atom stereocenters. The molecule has 0 bridgehead atoms. The van der Waals surface area contributed by atoms with E-state index in [1.807, 2.05) is 17.0 Å². The standard InChI is InChI=1S/C25H21Cl3N4O2S/c26-17-7-5-16(6-8-17)24(34)32-13-11-31(12-14-32)22-10-9-18(15-21(22)28)29-25(35)30-23(33)19-3-1-2-4-20(19)27/h1-10,15H,11-14H2,(H2,29,30,33,35). The van der Waals surface area contributed by atoms with Crippen molar-refractivity contribution in [1.82, 2.24) is 10.2 Å². The van der Waals surface area contributed by atoms with E-state index in [2.05, 4.69) is 15.5 Å². The van der Waals surface area contributed by atoms with E-state index < -0.39 is 5.91 Å². The van der Waals surface area contributed by atoms with Gasteiger partial charge in [0, 0.05) is 42.5 Å². The second kappa shape index (κ2) is 11.3. The Balaban J connectivity index is 1.33. The summed E-state index contributed by atoms with van der Waals surface area (Å²) in [5.41, 5.74) is 2.45. The fourth-order valence-electron chi connectivity index (χ4n) is 3.74. The molecule has 0 spiro atoms. The Morgan fingerprint density at radius 1 is 0.829 bits per heavy atom. The summed E-state index contributed by atoms with van der Waals surface area (Å²) >= 11 is 23.8. The molecule has 0 aromatic heterocycles. The minimum Gasteiger partial charge on any atom is -0.367 e. The van der Waals surface area contributed by atoms with Gasteiger partial charge in [0.1, 0.15) is 0 Å². The lowest BCUT2D eigenvalue weighted by Gasteiger charge is -2.36. The smallest absolute Gasteiger partial charge is 0.258 e. The summed E-state index contributed by atoms with van der Waals surface area (Å²) in [4.78, 5) is 29.1. The molecule has 2 amide bonds. The number of thiocarbonyl (C=S) groups is 1. The van der Waals surface area contributed by atoms with Crippen molar-refractivity contribution >= 4 is 75.3 Å². The number of piperazine rings is 1. The van der Waals surface area contributed by atoms with Gasteiger partial charge in [0.15, 0.2) is 5.11 Å². The van der Waals surface area contributed by atoms with Crippen molar-refractivity contribution in [2.75, 3.05) is 36.4 Å². The van der Waals surface area contributed by atoms with Gasteiger partial charge in [0.2, 0.25) is 0 Å². The van der Waals surface area contributed by atoms with Crippen LogP contribution in [0.3, 0.4) is 0 Å². The van der Waals surface area contributed by atoms with Gasteiger partial charge in [-0.25, -0.2) is 0 Å². The number of carbonyl (C=O) groups is 2. The summed E-state index contributed by atoms with van der Waals surface area (Å²) in [6.07, 6.45) is 0. The average Bonchev–Trinajstić information content (AvgIpc) is 2.84. The topological polar surface area (TPSA) is 64.7 Å². The van der Waals surface area contributed by atoms with E-state index in [-0.39, 0.29) is 11.0 Å². The second-order valence-electron chi connectivity index (χ2n) is 7.84. The van der Waals surface area contributed by atoms with Crippen molar-refractivity contribution in [2.45, 2.75) is 0 Å². The van der Waals surface area contributed by atoms with E-state index in [4.69, 9.17) is 47.0 Å². The molecule has 6 nitrogen and oxygen atoms in total. The molecule has 0 atom stereocenters. The fraction of sp³-hybridized carbons (Fsp3) is 0.160. The van der Waals surface area contributed by atoms with Gasteiger partial charge < -0.3 is 15.1 Å². The Kier molecular flexibility index (Phi) is 8.13. The first kappa shape index (κ1) is 25.3. The molecule has 1 aliphatic rings. The minimum atomic E-state index is -0.401. The number of halogens is 3. The monoisotopic (exact) mass is 546 g/mol. The van der Waals surface area contributed by atoms with Crippen LogP contribution in [-0.4, -0.2) is 48.0 Å². The maximum absolute atomic E-state index is 12.7. The number of amides is 2. The van der Waals surface area contributed by atoms with E-state index >= 15 is 0 Å². The van der Waals surface area contributed by atoms with Crippen molar-refractivity contribution in [3.8, 4) is 0 Å². The maximum atomic E-state index is 12.7. The molecule has 0 radical (unpaired) electrons. The zero-order chi connectivity index (χ0) is 24.9. The third-order valence-corrected chi connectivity index (χ3v) is 6.64. The lowest BCUT2D eigenvalue weighted by Crippen LogP contribution is -2.48. The molecule has 3 aromatic rings. The molecule has 3 aromatic carbocycles. The normalized spacial score (nSPS) is 13.3. The number of rotatable bonds is 4. The predicted octanol–water partition coefficient (Wildman–Crippen LogP) is 5.74. The summed E-state index contributed by atoms with van der Waals surface area (Å²) in [7, 11) is 0. The Morgan fingerprint density at radius 2 is 1.51 bits per heavy atom. The summed E-state index contributed by atoms with van der Waals surface area (Å²) in [6, 6.07) is 19.1. The zero-order valence-electron chi connectivity index (χ0n) is 18.4. The van der Waals surface area contributed by atoms with E-state index in [0.29, 0.717) is 58.1 Å². The Labute approximate surface area is 223 Å². The van der Waals surface area contributed by atoms with Crippen LogP contribution in [0.15, 0.2) is 66.7 Å². The summed E-state index contributed by atoms with van der Waals surface area (Å²) in [5, 5.41) is 7.19. The Morgan fingerprint density at radius 3 is 2.17 bits per heavy atom. The van der Waals surface area contributed by atoms with Crippen LogP contribution in [0.25, 0.3) is 0 Å². The molecule has 10 heteroatoms. The van der Waals surface area contributed by atoms with Crippen LogP contribution in [0.2, 0.25) is 15.1 Å². The van der Waals surface area contributed by atoms with Crippen LogP contribution in [0.5, 0.6) is 0 Å². The third-order valence-electron chi connectivity index (χ3n) is 5.55. The second-order valence-corrected chi connectivity index (χ2v) is 9.50. The molecule has 2 N–H and O–H groups in total. The average molecular weight is 548 g/mol. The molecule has 35 heavy (non-hydrogen) atoms. The van der Waals surface area contributed by atoms with Crippen LogP contribution < -0.4 is 15.5 Å². The molecule has 0 aliphatic carbocycles. The van der Waals surface area contributed by atoms with Crippen molar-refractivity contribution in [2.24, 2.45) is 0 Å². The van der Waals surface area contributed by atoms with Gasteiger partial charge in [-0.3, -0.25) is 14.9 Å². The SMILES string of the molecule is O=C(NC(=S)Nc1ccc(N2CCN(C(=O)c3ccc(Cl)cc3)CC2)c(Cl)c1)c1ccccc1Cl. The highest BCUT2D eigenvalue weighted by atomic mass is 35.5. The first-order valence-corrected chi connectivity index (χ1v) is 12.3. The molecule has 1 heterocycles. The summed E-state index contributed by atoms with van der Waals surface area (Å²) < 4.78 is 0. The van der Waals surface area contributed by atoms with Crippen molar-refractivity contribution in [1.29, 1.82) is 0 Å². The first-order valence-electron chi connectivity index (χ1n) is 10.8. The number of nitrogens with zero attached hydrogens (tertiary/aromatic N) is 2.